The number of anilines is 1. The van der Waals surface area contributed by atoms with E-state index in [2.05, 4.69) is 15.6 Å². The molecular formula is C20H24N4O5S2. The van der Waals surface area contributed by atoms with Gasteiger partial charge in [-0.3, -0.25) is 10.1 Å². The number of sulfonamides is 1. The summed E-state index contributed by atoms with van der Waals surface area (Å²) in [6.07, 6.45) is 1.28. The molecule has 11 heteroatoms. The number of hydrogen-bond donors (Lipinski definition) is 2. The maximum atomic E-state index is 12.6. The highest BCUT2D eigenvalue weighted by molar-refractivity contribution is 7.99. The third-order valence-corrected chi connectivity index (χ3v) is 7.38. The van der Waals surface area contributed by atoms with Crippen molar-refractivity contribution in [1.29, 1.82) is 0 Å². The first-order chi connectivity index (χ1) is 14.8. The molecule has 3 rings (SSSR count). The monoisotopic (exact) mass is 464 g/mol. The van der Waals surface area contributed by atoms with Gasteiger partial charge in [0.1, 0.15) is 4.90 Å². The number of aromatic nitrogens is 1. The summed E-state index contributed by atoms with van der Waals surface area (Å²) in [5.74, 6) is -0.526. The molecule has 2 N–H and O–H groups in total. The topological polar surface area (TPSA) is 118 Å². The predicted octanol–water partition coefficient (Wildman–Crippen LogP) is 2.16. The van der Waals surface area contributed by atoms with Gasteiger partial charge in [-0.05, 0) is 37.6 Å². The van der Waals surface area contributed by atoms with Crippen LogP contribution in [-0.4, -0.2) is 61.7 Å². The summed E-state index contributed by atoms with van der Waals surface area (Å²) in [6, 6.07) is 7.97. The molecule has 1 aliphatic rings. The van der Waals surface area contributed by atoms with E-state index >= 15 is 0 Å². The minimum atomic E-state index is -3.61. The average Bonchev–Trinajstić information content (AvgIpc) is 2.75. The van der Waals surface area contributed by atoms with E-state index in [4.69, 9.17) is 4.74 Å². The van der Waals surface area contributed by atoms with E-state index in [1.807, 2.05) is 26.0 Å². The number of aryl methyl sites for hydroxylation is 2. The zero-order valence-electron chi connectivity index (χ0n) is 17.3. The zero-order valence-corrected chi connectivity index (χ0v) is 18.9. The number of urea groups is 1. The summed E-state index contributed by atoms with van der Waals surface area (Å²) in [5.41, 5.74) is 2.60. The minimum Gasteiger partial charge on any atom is -0.379 e. The Kier molecular flexibility index (Phi) is 7.65. The Labute approximate surface area is 185 Å². The molecule has 0 unspecified atom stereocenters. The fraction of sp³-hybridized carbons (Fsp3) is 0.350. The maximum absolute atomic E-state index is 12.6. The molecule has 1 aromatic carbocycles. The van der Waals surface area contributed by atoms with Crippen molar-refractivity contribution in [2.24, 2.45) is 0 Å². The van der Waals surface area contributed by atoms with Crippen molar-refractivity contribution in [3.05, 3.63) is 47.7 Å². The number of carbonyl (C=O) groups excluding carboxylic acids is 2. The lowest BCUT2D eigenvalue weighted by Gasteiger charge is -2.25. The van der Waals surface area contributed by atoms with Gasteiger partial charge in [0.25, 0.3) is 0 Å². The molecule has 0 atom stereocenters. The van der Waals surface area contributed by atoms with Gasteiger partial charge in [-0.15, -0.1) is 0 Å². The van der Waals surface area contributed by atoms with Crippen LogP contribution < -0.4 is 10.6 Å². The minimum absolute atomic E-state index is 0.0388. The van der Waals surface area contributed by atoms with Gasteiger partial charge in [0.2, 0.25) is 15.9 Å². The van der Waals surface area contributed by atoms with Crippen LogP contribution in [0.2, 0.25) is 0 Å². The second-order valence-corrected chi connectivity index (χ2v) is 9.89. The van der Waals surface area contributed by atoms with Crippen molar-refractivity contribution in [3.63, 3.8) is 0 Å². The average molecular weight is 465 g/mol. The van der Waals surface area contributed by atoms with Crippen LogP contribution in [0.3, 0.4) is 0 Å². The molecule has 31 heavy (non-hydrogen) atoms. The lowest BCUT2D eigenvalue weighted by molar-refractivity contribution is -0.117. The standard InChI is InChI=1S/C20H24N4O5S2/c1-14-3-5-17(15(2)11-14)22-20(26)23-18(25)13-30-19-6-4-16(12-21-19)31(27,28)24-7-9-29-10-8-24/h3-6,11-12H,7-10,13H2,1-2H3,(H2,22,23,25,26). The molecule has 1 aromatic heterocycles. The van der Waals surface area contributed by atoms with Crippen LogP contribution in [-0.2, 0) is 19.6 Å². The first-order valence-electron chi connectivity index (χ1n) is 9.60. The SMILES string of the molecule is Cc1ccc(NC(=O)NC(=O)CSc2ccc(S(=O)(=O)N3CCOCC3)cn2)c(C)c1. The Morgan fingerprint density at radius 2 is 1.90 bits per heavy atom. The van der Waals surface area contributed by atoms with Crippen LogP contribution in [0.4, 0.5) is 10.5 Å². The van der Waals surface area contributed by atoms with E-state index in [-0.39, 0.29) is 10.6 Å². The number of rotatable bonds is 6. The lowest BCUT2D eigenvalue weighted by atomic mass is 10.1. The zero-order chi connectivity index (χ0) is 22.4. The number of hydrogen-bond acceptors (Lipinski definition) is 7. The highest BCUT2D eigenvalue weighted by atomic mass is 32.2. The van der Waals surface area contributed by atoms with Gasteiger partial charge in [0, 0.05) is 25.0 Å². The number of carbonyl (C=O) groups is 2. The number of amides is 3. The normalized spacial score (nSPS) is 14.8. The molecule has 3 amide bonds. The fourth-order valence-corrected chi connectivity index (χ4v) is 4.95. The number of nitrogens with zero attached hydrogens (tertiary/aromatic N) is 2. The third-order valence-electron chi connectivity index (χ3n) is 4.55. The van der Waals surface area contributed by atoms with E-state index in [9.17, 15) is 18.0 Å². The molecule has 166 valence electrons. The van der Waals surface area contributed by atoms with Gasteiger partial charge in [-0.1, -0.05) is 29.5 Å². The Balaban J connectivity index is 1.50. The molecule has 1 saturated heterocycles. The van der Waals surface area contributed by atoms with E-state index in [1.54, 1.807) is 12.1 Å². The van der Waals surface area contributed by atoms with Crippen LogP contribution in [0.25, 0.3) is 0 Å². The van der Waals surface area contributed by atoms with Gasteiger partial charge in [-0.2, -0.15) is 4.31 Å². The highest BCUT2D eigenvalue weighted by Crippen LogP contribution is 2.20. The van der Waals surface area contributed by atoms with Crippen LogP contribution in [0, 0.1) is 13.8 Å². The van der Waals surface area contributed by atoms with Crippen molar-refractivity contribution in [3.8, 4) is 0 Å². The molecule has 2 heterocycles. The number of nitrogens with one attached hydrogen (secondary N) is 2. The van der Waals surface area contributed by atoms with E-state index in [0.717, 1.165) is 22.9 Å². The smallest absolute Gasteiger partial charge is 0.325 e. The van der Waals surface area contributed by atoms with E-state index < -0.39 is 22.0 Å². The van der Waals surface area contributed by atoms with Gasteiger partial charge < -0.3 is 10.1 Å². The Hall–Kier alpha value is -2.47. The largest absolute Gasteiger partial charge is 0.379 e. The number of ether oxygens (including phenoxy) is 1. The molecule has 0 spiro atoms. The van der Waals surface area contributed by atoms with Crippen molar-refractivity contribution in [1.82, 2.24) is 14.6 Å². The first kappa shape index (κ1) is 23.2. The summed E-state index contributed by atoms with van der Waals surface area (Å²) in [5, 5.41) is 5.39. The second kappa shape index (κ2) is 10.2. The number of benzene rings is 1. The molecule has 1 fully saturated rings. The molecule has 9 nitrogen and oxygen atoms in total. The molecule has 0 aliphatic carbocycles. The summed E-state index contributed by atoms with van der Waals surface area (Å²) in [4.78, 5) is 28.3. The molecule has 2 aromatic rings. The van der Waals surface area contributed by atoms with Crippen LogP contribution in [0.1, 0.15) is 11.1 Å². The number of pyridine rings is 1. The molecule has 0 saturated carbocycles. The number of thioether (sulfide) groups is 1. The van der Waals surface area contributed by atoms with Gasteiger partial charge >= 0.3 is 6.03 Å². The van der Waals surface area contributed by atoms with Crippen LogP contribution in [0.5, 0.6) is 0 Å². The Morgan fingerprint density at radius 1 is 1.16 bits per heavy atom. The van der Waals surface area contributed by atoms with Crippen LogP contribution >= 0.6 is 11.8 Å². The number of imide groups is 1. The number of morpholine rings is 1. The third kappa shape index (κ3) is 6.26. The lowest BCUT2D eigenvalue weighted by Crippen LogP contribution is -2.40. The predicted molar refractivity (Wildman–Crippen MR) is 118 cm³/mol. The summed E-state index contributed by atoms with van der Waals surface area (Å²) in [6.45, 7) is 5.18. The van der Waals surface area contributed by atoms with E-state index in [1.165, 1.54) is 16.6 Å². The van der Waals surface area contributed by atoms with Crippen molar-refractivity contribution in [2.75, 3.05) is 37.4 Å². The fourth-order valence-electron chi connectivity index (χ4n) is 2.95. The van der Waals surface area contributed by atoms with Crippen molar-refractivity contribution >= 4 is 39.4 Å². The van der Waals surface area contributed by atoms with Gasteiger partial charge in [0.15, 0.2) is 0 Å². The van der Waals surface area contributed by atoms with Gasteiger partial charge in [0.05, 0.1) is 24.0 Å². The maximum Gasteiger partial charge on any atom is 0.325 e. The molecule has 0 bridgehead atoms. The summed E-state index contributed by atoms with van der Waals surface area (Å²) in [7, 11) is -3.61. The Bertz CT molecular complexity index is 1050. The quantitative estimate of drug-likeness (QED) is 0.629. The van der Waals surface area contributed by atoms with Gasteiger partial charge in [-0.25, -0.2) is 18.2 Å². The molecule has 0 radical (unpaired) electrons. The summed E-state index contributed by atoms with van der Waals surface area (Å²) < 4.78 is 31.7. The van der Waals surface area contributed by atoms with Crippen molar-refractivity contribution in [2.45, 2.75) is 23.8 Å². The van der Waals surface area contributed by atoms with Crippen molar-refractivity contribution < 1.29 is 22.7 Å². The first-order valence-corrected chi connectivity index (χ1v) is 12.0. The van der Waals surface area contributed by atoms with Crippen LogP contribution in [0.15, 0.2) is 46.5 Å². The highest BCUT2D eigenvalue weighted by Gasteiger charge is 2.26. The molecule has 1 aliphatic heterocycles. The Morgan fingerprint density at radius 3 is 2.55 bits per heavy atom. The second-order valence-electron chi connectivity index (χ2n) is 6.96. The van der Waals surface area contributed by atoms with E-state index in [0.29, 0.717) is 37.0 Å². The summed E-state index contributed by atoms with van der Waals surface area (Å²) >= 11 is 1.11. The molecular weight excluding hydrogens is 440 g/mol.